The van der Waals surface area contributed by atoms with Crippen LogP contribution in [0.15, 0.2) is 52.4 Å². The maximum atomic E-state index is 12.2. The van der Waals surface area contributed by atoms with Crippen molar-refractivity contribution in [1.82, 2.24) is 9.71 Å². The van der Waals surface area contributed by atoms with Crippen molar-refractivity contribution < 1.29 is 4.79 Å². The molecule has 0 aliphatic carbocycles. The first-order valence-electron chi connectivity index (χ1n) is 7.83. The van der Waals surface area contributed by atoms with E-state index in [0.29, 0.717) is 15.7 Å². The number of hydrogen-bond acceptors (Lipinski definition) is 4. The Hall–Kier alpha value is -2.20. The van der Waals surface area contributed by atoms with Crippen molar-refractivity contribution in [2.45, 2.75) is 20.3 Å². The molecule has 1 heterocycles. The van der Waals surface area contributed by atoms with Crippen molar-refractivity contribution in [2.24, 2.45) is 0 Å². The number of rotatable bonds is 6. The molecule has 0 radical (unpaired) electrons. The van der Waals surface area contributed by atoms with Gasteiger partial charge in [-0.15, -0.1) is 6.42 Å². The summed E-state index contributed by atoms with van der Waals surface area (Å²) >= 11 is 8.43. The molecule has 0 aliphatic heterocycles. The number of hydrogen-bond donors (Lipinski definition) is 2. The van der Waals surface area contributed by atoms with Gasteiger partial charge in [0, 0.05) is 15.5 Å². The van der Waals surface area contributed by atoms with E-state index in [1.165, 1.54) is 23.3 Å². The summed E-state index contributed by atoms with van der Waals surface area (Å²) in [4.78, 5) is 17.5. The van der Waals surface area contributed by atoms with Crippen molar-refractivity contribution in [2.75, 3.05) is 5.32 Å². The van der Waals surface area contributed by atoms with Crippen LogP contribution < -0.4 is 10.0 Å². The molecule has 1 aromatic carbocycles. The molecule has 0 unspecified atom stereocenters. The highest BCUT2D eigenvalue weighted by Gasteiger charge is 2.14. The Bertz CT molecular complexity index is 867. The number of halogens is 1. The lowest BCUT2D eigenvalue weighted by Crippen LogP contribution is -2.22. The molecule has 0 spiro atoms. The first-order valence-corrected chi connectivity index (χ1v) is 9.84. The molecule has 0 saturated carbocycles. The molecule has 2 rings (SSSR count). The fourth-order valence-electron chi connectivity index (χ4n) is 1.87. The summed E-state index contributed by atoms with van der Waals surface area (Å²) in [5.74, 6) is 2.52. The summed E-state index contributed by atoms with van der Waals surface area (Å²) in [6.07, 6.45) is 9.90. The van der Waals surface area contributed by atoms with Crippen LogP contribution in [0.4, 0.5) is 9.80 Å². The SMILES string of the molecule is C#Cc1nc(-c2ccccc2)c(NC(=O)NS/C(C)=C/C=C(/Cl)CC)s1. The van der Waals surface area contributed by atoms with E-state index in [9.17, 15) is 4.79 Å². The van der Waals surface area contributed by atoms with E-state index in [4.69, 9.17) is 18.0 Å². The smallest absolute Gasteiger partial charge is 0.297 e. The van der Waals surface area contributed by atoms with Crippen LogP contribution in [-0.4, -0.2) is 11.0 Å². The zero-order valence-corrected chi connectivity index (χ0v) is 16.8. The number of anilines is 1. The number of thiazole rings is 1. The van der Waals surface area contributed by atoms with Gasteiger partial charge in [0.05, 0.1) is 0 Å². The Balaban J connectivity index is 2.06. The molecule has 26 heavy (non-hydrogen) atoms. The van der Waals surface area contributed by atoms with Gasteiger partial charge in [0.1, 0.15) is 10.7 Å². The largest absolute Gasteiger partial charge is 0.330 e. The number of amides is 2. The summed E-state index contributed by atoms with van der Waals surface area (Å²) in [7, 11) is 0. The Kier molecular flexibility index (Phi) is 7.79. The lowest BCUT2D eigenvalue weighted by Gasteiger charge is -2.07. The summed E-state index contributed by atoms with van der Waals surface area (Å²) < 4.78 is 2.73. The summed E-state index contributed by atoms with van der Waals surface area (Å²) in [5.41, 5.74) is 1.55. The van der Waals surface area contributed by atoms with Crippen molar-refractivity contribution in [3.63, 3.8) is 0 Å². The van der Waals surface area contributed by atoms with Gasteiger partial charge in [-0.3, -0.25) is 10.0 Å². The summed E-state index contributed by atoms with van der Waals surface area (Å²) in [6.45, 7) is 3.87. The lowest BCUT2D eigenvalue weighted by molar-refractivity contribution is 0.257. The third-order valence-corrected chi connectivity index (χ3v) is 5.21. The van der Waals surface area contributed by atoms with Gasteiger partial charge in [-0.05, 0) is 37.3 Å². The van der Waals surface area contributed by atoms with Gasteiger partial charge < -0.3 is 0 Å². The van der Waals surface area contributed by atoms with Crippen LogP contribution in [0.5, 0.6) is 0 Å². The van der Waals surface area contributed by atoms with Crippen molar-refractivity contribution >= 4 is 45.9 Å². The first kappa shape index (κ1) is 20.1. The number of allylic oxidation sites excluding steroid dienone is 4. The van der Waals surface area contributed by atoms with Crippen LogP contribution in [0.2, 0.25) is 0 Å². The van der Waals surface area contributed by atoms with Crippen LogP contribution >= 0.6 is 34.9 Å². The minimum absolute atomic E-state index is 0.349. The average Bonchev–Trinajstić information content (AvgIpc) is 3.07. The molecule has 1 aromatic heterocycles. The van der Waals surface area contributed by atoms with Gasteiger partial charge >= 0.3 is 6.03 Å². The second-order valence-corrected chi connectivity index (χ2v) is 7.65. The molecule has 0 atom stereocenters. The van der Waals surface area contributed by atoms with Gasteiger partial charge in [-0.2, -0.15) is 0 Å². The molecular formula is C19H18ClN3OS2. The molecule has 7 heteroatoms. The van der Waals surface area contributed by atoms with E-state index in [1.54, 1.807) is 0 Å². The maximum Gasteiger partial charge on any atom is 0.330 e. The van der Waals surface area contributed by atoms with E-state index in [-0.39, 0.29) is 6.03 Å². The predicted molar refractivity (Wildman–Crippen MR) is 113 cm³/mol. The molecular weight excluding hydrogens is 386 g/mol. The van der Waals surface area contributed by atoms with E-state index in [2.05, 4.69) is 20.9 Å². The second-order valence-electron chi connectivity index (χ2n) is 5.11. The highest BCUT2D eigenvalue weighted by atomic mass is 35.5. The zero-order chi connectivity index (χ0) is 18.9. The standard InChI is InChI=1S/C19H18ClN3OS2/c1-4-15(20)12-11-13(3)26-23-19(24)22-18-17(21-16(5-2)25-18)14-9-7-6-8-10-14/h2,6-12H,4H2,1,3H3,(H2,22,23,24)/b13-11+,15-12+. The van der Waals surface area contributed by atoms with E-state index in [1.807, 2.05) is 56.3 Å². The van der Waals surface area contributed by atoms with Gasteiger partial charge in [0.15, 0.2) is 5.01 Å². The Morgan fingerprint density at radius 1 is 1.38 bits per heavy atom. The van der Waals surface area contributed by atoms with Crippen LogP contribution in [0.1, 0.15) is 25.3 Å². The number of aromatic nitrogens is 1. The van der Waals surface area contributed by atoms with Gasteiger partial charge in [0.25, 0.3) is 0 Å². The minimum atomic E-state index is -0.349. The van der Waals surface area contributed by atoms with Crippen molar-refractivity contribution in [1.29, 1.82) is 0 Å². The highest BCUT2D eigenvalue weighted by molar-refractivity contribution is 8.01. The quantitative estimate of drug-likeness (QED) is 0.353. The highest BCUT2D eigenvalue weighted by Crippen LogP contribution is 2.32. The number of terminal acetylenes is 1. The second kappa shape index (κ2) is 10.1. The fourth-order valence-corrected chi connectivity index (χ4v) is 3.17. The molecule has 2 aromatic rings. The van der Waals surface area contributed by atoms with E-state index >= 15 is 0 Å². The Morgan fingerprint density at radius 2 is 2.12 bits per heavy atom. The number of benzene rings is 1. The topological polar surface area (TPSA) is 54.0 Å². The van der Waals surface area contributed by atoms with Crippen LogP contribution in [0.25, 0.3) is 11.3 Å². The third-order valence-electron chi connectivity index (χ3n) is 3.17. The normalized spacial score (nSPS) is 11.8. The van der Waals surface area contributed by atoms with E-state index in [0.717, 1.165) is 21.9 Å². The molecule has 0 saturated heterocycles. The van der Waals surface area contributed by atoms with Crippen LogP contribution in [-0.2, 0) is 0 Å². The number of carbonyl (C=O) groups excluding carboxylic acids is 1. The van der Waals surface area contributed by atoms with Crippen molar-refractivity contribution in [3.05, 3.63) is 57.4 Å². The molecule has 2 N–H and O–H groups in total. The first-order chi connectivity index (χ1) is 12.5. The zero-order valence-electron chi connectivity index (χ0n) is 14.4. The third kappa shape index (κ3) is 5.95. The number of carbonyl (C=O) groups is 1. The fraction of sp³-hybridized carbons (Fsp3) is 0.158. The average molecular weight is 404 g/mol. The molecule has 134 valence electrons. The molecule has 0 bridgehead atoms. The Labute approximate surface area is 166 Å². The molecule has 0 fully saturated rings. The van der Waals surface area contributed by atoms with Gasteiger partial charge in [-0.25, -0.2) is 9.78 Å². The lowest BCUT2D eigenvalue weighted by atomic mass is 10.2. The summed E-state index contributed by atoms with van der Waals surface area (Å²) in [6, 6.07) is 9.23. The van der Waals surface area contributed by atoms with Crippen LogP contribution in [0, 0.1) is 12.3 Å². The summed E-state index contributed by atoms with van der Waals surface area (Å²) in [5, 5.41) is 4.70. The van der Waals surface area contributed by atoms with Crippen molar-refractivity contribution in [3.8, 4) is 23.6 Å². The monoisotopic (exact) mass is 403 g/mol. The van der Waals surface area contributed by atoms with Gasteiger partial charge in [0.2, 0.25) is 0 Å². The minimum Gasteiger partial charge on any atom is -0.297 e. The van der Waals surface area contributed by atoms with Crippen LogP contribution in [0.3, 0.4) is 0 Å². The van der Waals surface area contributed by atoms with Gasteiger partial charge in [-0.1, -0.05) is 66.3 Å². The predicted octanol–water partition coefficient (Wildman–Crippen LogP) is 6.00. The number of nitrogens with one attached hydrogen (secondary N) is 2. The molecule has 2 amide bonds. The number of urea groups is 1. The van der Waals surface area contributed by atoms with E-state index < -0.39 is 0 Å². The Morgan fingerprint density at radius 3 is 2.77 bits per heavy atom. The molecule has 0 aliphatic rings. The number of nitrogens with zero attached hydrogens (tertiary/aromatic N) is 1. The molecule has 4 nitrogen and oxygen atoms in total. The maximum absolute atomic E-state index is 12.2.